The number of nitrogens with one attached hydrogen (secondary N) is 1. The Hall–Kier alpha value is -1.40. The minimum atomic E-state index is -0.452. The van der Waals surface area contributed by atoms with Gasteiger partial charge in [0.15, 0.2) is 0 Å². The molecule has 0 aliphatic carbocycles. The van der Waals surface area contributed by atoms with Crippen LogP contribution < -0.4 is 11.1 Å². The van der Waals surface area contributed by atoms with Crippen LogP contribution in [0.4, 0.5) is 5.69 Å². The maximum absolute atomic E-state index is 11.8. The number of ether oxygens (including phenoxy) is 1. The molecule has 0 saturated carbocycles. The topological polar surface area (TPSA) is 82.2 Å². The standard InChI is InChI=1S/C13H22N4O2/c1-2-4-12(14)13(18)16-10-7-15-17(8-10)9-11-5-3-6-19-11/h7-8,11-12H,2-6,9,14H2,1H3,(H,16,18)/t11?,12-/m0/s1. The van der Waals surface area contributed by atoms with E-state index in [-0.39, 0.29) is 12.0 Å². The molecule has 0 spiro atoms. The van der Waals surface area contributed by atoms with Gasteiger partial charge in [-0.3, -0.25) is 9.48 Å². The van der Waals surface area contributed by atoms with Gasteiger partial charge in [-0.1, -0.05) is 13.3 Å². The van der Waals surface area contributed by atoms with Crippen LogP contribution in [0.1, 0.15) is 32.6 Å². The van der Waals surface area contributed by atoms with Gasteiger partial charge in [0.2, 0.25) is 5.91 Å². The van der Waals surface area contributed by atoms with Gasteiger partial charge in [0.1, 0.15) is 0 Å². The number of anilines is 1. The van der Waals surface area contributed by atoms with Crippen molar-refractivity contribution in [1.82, 2.24) is 9.78 Å². The number of aromatic nitrogens is 2. The predicted octanol–water partition coefficient (Wildman–Crippen LogP) is 1.13. The second-order valence-corrected chi connectivity index (χ2v) is 4.97. The summed E-state index contributed by atoms with van der Waals surface area (Å²) in [4.78, 5) is 11.8. The minimum absolute atomic E-state index is 0.154. The smallest absolute Gasteiger partial charge is 0.241 e. The molecule has 106 valence electrons. The molecule has 2 heterocycles. The summed E-state index contributed by atoms with van der Waals surface area (Å²) in [6.07, 6.45) is 7.47. The molecule has 2 atom stereocenters. The molecule has 0 aromatic carbocycles. The lowest BCUT2D eigenvalue weighted by Gasteiger charge is -2.10. The predicted molar refractivity (Wildman–Crippen MR) is 72.7 cm³/mol. The number of carbonyl (C=O) groups excluding carboxylic acids is 1. The summed E-state index contributed by atoms with van der Waals surface area (Å²) in [6.45, 7) is 3.57. The fourth-order valence-electron chi connectivity index (χ4n) is 2.20. The largest absolute Gasteiger partial charge is 0.376 e. The Morgan fingerprint density at radius 2 is 2.58 bits per heavy atom. The van der Waals surface area contributed by atoms with Gasteiger partial charge in [0.05, 0.1) is 30.6 Å². The Morgan fingerprint density at radius 3 is 3.26 bits per heavy atom. The molecule has 1 aromatic rings. The first-order valence-electron chi connectivity index (χ1n) is 6.89. The van der Waals surface area contributed by atoms with Gasteiger partial charge >= 0.3 is 0 Å². The van der Waals surface area contributed by atoms with Crippen LogP contribution in [0, 0.1) is 0 Å². The maximum atomic E-state index is 11.8. The monoisotopic (exact) mass is 266 g/mol. The van der Waals surface area contributed by atoms with E-state index >= 15 is 0 Å². The fourth-order valence-corrected chi connectivity index (χ4v) is 2.20. The molecular weight excluding hydrogens is 244 g/mol. The van der Waals surface area contributed by atoms with Gasteiger partial charge in [0, 0.05) is 12.8 Å². The van der Waals surface area contributed by atoms with Crippen molar-refractivity contribution in [1.29, 1.82) is 0 Å². The van der Waals surface area contributed by atoms with Crippen LogP contribution in [0.2, 0.25) is 0 Å². The lowest BCUT2D eigenvalue weighted by atomic mass is 10.2. The van der Waals surface area contributed by atoms with Crippen LogP contribution in [0.15, 0.2) is 12.4 Å². The summed E-state index contributed by atoms with van der Waals surface area (Å²) >= 11 is 0. The molecule has 1 unspecified atom stereocenters. The van der Waals surface area contributed by atoms with E-state index in [0.717, 1.165) is 32.4 Å². The third kappa shape index (κ3) is 4.04. The van der Waals surface area contributed by atoms with Crippen LogP contribution in [-0.2, 0) is 16.1 Å². The molecular formula is C13H22N4O2. The van der Waals surface area contributed by atoms with Crippen molar-refractivity contribution < 1.29 is 9.53 Å². The molecule has 19 heavy (non-hydrogen) atoms. The van der Waals surface area contributed by atoms with Gasteiger partial charge in [-0.15, -0.1) is 0 Å². The number of nitrogens with zero attached hydrogens (tertiary/aromatic N) is 2. The van der Waals surface area contributed by atoms with Gasteiger partial charge in [-0.05, 0) is 19.3 Å². The molecule has 0 bridgehead atoms. The summed E-state index contributed by atoms with van der Waals surface area (Å²) in [5.41, 5.74) is 6.44. The van der Waals surface area contributed by atoms with Crippen LogP contribution in [0.3, 0.4) is 0 Å². The van der Waals surface area contributed by atoms with E-state index in [9.17, 15) is 4.79 Å². The number of hydrogen-bond acceptors (Lipinski definition) is 4. The van der Waals surface area contributed by atoms with Gasteiger partial charge in [0.25, 0.3) is 0 Å². The molecule has 1 saturated heterocycles. The molecule has 6 nitrogen and oxygen atoms in total. The highest BCUT2D eigenvalue weighted by molar-refractivity contribution is 5.94. The second-order valence-electron chi connectivity index (χ2n) is 4.97. The average molecular weight is 266 g/mol. The zero-order valence-electron chi connectivity index (χ0n) is 11.3. The number of rotatable bonds is 6. The molecule has 1 aliphatic heterocycles. The maximum Gasteiger partial charge on any atom is 0.241 e. The molecule has 6 heteroatoms. The van der Waals surface area contributed by atoms with Gasteiger partial charge < -0.3 is 15.8 Å². The number of amides is 1. The Balaban J connectivity index is 1.84. The Bertz CT molecular complexity index is 413. The summed E-state index contributed by atoms with van der Waals surface area (Å²) in [5, 5.41) is 7.00. The zero-order chi connectivity index (χ0) is 13.7. The molecule has 1 fully saturated rings. The van der Waals surface area contributed by atoms with Crippen molar-refractivity contribution in [3.8, 4) is 0 Å². The van der Waals surface area contributed by atoms with Crippen molar-refractivity contribution in [3.05, 3.63) is 12.4 Å². The van der Waals surface area contributed by atoms with Crippen molar-refractivity contribution in [2.24, 2.45) is 5.73 Å². The zero-order valence-corrected chi connectivity index (χ0v) is 11.3. The Labute approximate surface area is 113 Å². The molecule has 2 rings (SSSR count). The first-order valence-corrected chi connectivity index (χ1v) is 6.89. The van der Waals surface area contributed by atoms with E-state index in [0.29, 0.717) is 12.1 Å². The average Bonchev–Trinajstić information content (AvgIpc) is 3.02. The normalized spacial score (nSPS) is 20.4. The van der Waals surface area contributed by atoms with Crippen molar-refractivity contribution in [2.75, 3.05) is 11.9 Å². The van der Waals surface area contributed by atoms with E-state index in [1.165, 1.54) is 0 Å². The Morgan fingerprint density at radius 1 is 1.74 bits per heavy atom. The number of carbonyl (C=O) groups is 1. The lowest BCUT2D eigenvalue weighted by molar-refractivity contribution is -0.117. The first kappa shape index (κ1) is 14.0. The SMILES string of the molecule is CCC[C@H](N)C(=O)Nc1cnn(CC2CCCO2)c1. The van der Waals surface area contributed by atoms with E-state index in [1.54, 1.807) is 10.9 Å². The molecule has 1 aliphatic rings. The van der Waals surface area contributed by atoms with E-state index in [4.69, 9.17) is 10.5 Å². The molecule has 1 aromatic heterocycles. The number of hydrogen-bond donors (Lipinski definition) is 2. The third-order valence-electron chi connectivity index (χ3n) is 3.25. The molecule has 0 radical (unpaired) electrons. The van der Waals surface area contributed by atoms with E-state index in [1.807, 2.05) is 13.1 Å². The van der Waals surface area contributed by atoms with Crippen molar-refractivity contribution >= 4 is 11.6 Å². The quantitative estimate of drug-likeness (QED) is 0.808. The first-order chi connectivity index (χ1) is 9.19. The number of nitrogens with two attached hydrogens (primary N) is 1. The van der Waals surface area contributed by atoms with Crippen LogP contribution >= 0.6 is 0 Å². The van der Waals surface area contributed by atoms with E-state index < -0.39 is 6.04 Å². The summed E-state index contributed by atoms with van der Waals surface area (Å²) in [5.74, 6) is -0.154. The third-order valence-corrected chi connectivity index (χ3v) is 3.25. The summed E-state index contributed by atoms with van der Waals surface area (Å²) < 4.78 is 7.35. The van der Waals surface area contributed by atoms with E-state index in [2.05, 4.69) is 10.4 Å². The van der Waals surface area contributed by atoms with Crippen molar-refractivity contribution in [2.45, 2.75) is 51.3 Å². The van der Waals surface area contributed by atoms with Crippen molar-refractivity contribution in [3.63, 3.8) is 0 Å². The summed E-state index contributed by atoms with van der Waals surface area (Å²) in [7, 11) is 0. The van der Waals surface area contributed by atoms with Crippen LogP contribution in [0.5, 0.6) is 0 Å². The highest BCUT2D eigenvalue weighted by atomic mass is 16.5. The van der Waals surface area contributed by atoms with Gasteiger partial charge in [-0.2, -0.15) is 5.10 Å². The van der Waals surface area contributed by atoms with Gasteiger partial charge in [-0.25, -0.2) is 0 Å². The highest BCUT2D eigenvalue weighted by Gasteiger charge is 2.17. The second kappa shape index (κ2) is 6.68. The van der Waals surface area contributed by atoms with Crippen LogP contribution in [-0.4, -0.2) is 34.4 Å². The fraction of sp³-hybridized carbons (Fsp3) is 0.692. The Kier molecular flexibility index (Phi) is 4.93. The molecule has 3 N–H and O–H groups in total. The molecule has 1 amide bonds. The van der Waals surface area contributed by atoms with Crippen LogP contribution in [0.25, 0.3) is 0 Å². The lowest BCUT2D eigenvalue weighted by Crippen LogP contribution is -2.35. The highest BCUT2D eigenvalue weighted by Crippen LogP contribution is 2.15. The summed E-state index contributed by atoms with van der Waals surface area (Å²) in [6, 6.07) is -0.452. The minimum Gasteiger partial charge on any atom is -0.376 e.